The van der Waals surface area contributed by atoms with Gasteiger partial charge in [-0.1, -0.05) is 51.4 Å². The standard InChI is InChI=1S/C17H31F2NO5S/c18-17(19,26(22,23)24)13-9-4-2-1-3-5-10-14-25-16(21)20-15-11-7-6-8-12-15/h15H,1-14H2,(H,20,21)(H,22,23,24)/p-1. The first-order valence-corrected chi connectivity index (χ1v) is 10.9. The van der Waals surface area contributed by atoms with E-state index in [1.165, 1.54) is 6.42 Å². The topological polar surface area (TPSA) is 95.5 Å². The summed E-state index contributed by atoms with van der Waals surface area (Å²) >= 11 is 0. The van der Waals surface area contributed by atoms with Crippen LogP contribution in [0.1, 0.15) is 83.5 Å². The molecule has 0 aliphatic heterocycles. The first kappa shape index (κ1) is 23.1. The molecule has 9 heteroatoms. The summed E-state index contributed by atoms with van der Waals surface area (Å²) in [6.45, 7) is 0.367. The molecule has 0 atom stereocenters. The van der Waals surface area contributed by atoms with Crippen molar-refractivity contribution in [1.82, 2.24) is 5.32 Å². The molecular weight excluding hydrogens is 368 g/mol. The normalized spacial score (nSPS) is 16.4. The summed E-state index contributed by atoms with van der Waals surface area (Å²) in [5, 5.41) is -1.28. The number of unbranched alkanes of at least 4 members (excludes halogenated alkanes) is 6. The third-order valence-corrected chi connectivity index (χ3v) is 5.57. The number of carbonyl (C=O) groups is 1. The van der Waals surface area contributed by atoms with Gasteiger partial charge in [0.15, 0.2) is 10.1 Å². The monoisotopic (exact) mass is 398 g/mol. The van der Waals surface area contributed by atoms with Gasteiger partial charge in [0.2, 0.25) is 0 Å². The van der Waals surface area contributed by atoms with Crippen molar-refractivity contribution in [3.63, 3.8) is 0 Å². The molecular formula is C17H30F2NO5S-. The van der Waals surface area contributed by atoms with Gasteiger partial charge >= 0.3 is 11.3 Å². The first-order chi connectivity index (χ1) is 12.2. The number of alkyl halides is 2. The molecule has 0 aromatic heterocycles. The molecule has 0 heterocycles. The molecule has 0 spiro atoms. The number of hydrogen-bond acceptors (Lipinski definition) is 5. The summed E-state index contributed by atoms with van der Waals surface area (Å²) in [6, 6.07) is 0.236. The molecule has 1 amide bonds. The van der Waals surface area contributed by atoms with Crippen molar-refractivity contribution in [2.75, 3.05) is 6.61 Å². The number of halogens is 2. The number of alkyl carbamates (subject to hydrolysis) is 1. The maximum Gasteiger partial charge on any atom is 0.407 e. The lowest BCUT2D eigenvalue weighted by atomic mass is 9.96. The summed E-state index contributed by atoms with van der Waals surface area (Å²) < 4.78 is 62.0. The quantitative estimate of drug-likeness (QED) is 0.390. The van der Waals surface area contributed by atoms with Crippen molar-refractivity contribution in [2.24, 2.45) is 0 Å². The molecule has 1 N–H and O–H groups in total. The Morgan fingerprint density at radius 1 is 1.00 bits per heavy atom. The van der Waals surface area contributed by atoms with Crippen LogP contribution < -0.4 is 5.32 Å². The third-order valence-electron chi connectivity index (χ3n) is 4.64. The Morgan fingerprint density at radius 3 is 2.12 bits per heavy atom. The largest absolute Gasteiger partial charge is 0.743 e. The third kappa shape index (κ3) is 9.66. The highest BCUT2D eigenvalue weighted by atomic mass is 32.2. The van der Waals surface area contributed by atoms with Crippen LogP contribution >= 0.6 is 0 Å². The van der Waals surface area contributed by atoms with Gasteiger partial charge in [-0.15, -0.1) is 0 Å². The summed E-state index contributed by atoms with van der Waals surface area (Å²) in [4.78, 5) is 11.6. The molecule has 1 fully saturated rings. The lowest BCUT2D eigenvalue weighted by molar-refractivity contribution is 0.0670. The van der Waals surface area contributed by atoms with Gasteiger partial charge in [-0.05, 0) is 25.7 Å². The zero-order valence-electron chi connectivity index (χ0n) is 15.2. The van der Waals surface area contributed by atoms with Gasteiger partial charge in [0.05, 0.1) is 6.61 Å². The fourth-order valence-corrected chi connectivity index (χ4v) is 3.46. The van der Waals surface area contributed by atoms with Crippen LogP contribution in [0.4, 0.5) is 13.6 Å². The van der Waals surface area contributed by atoms with E-state index in [4.69, 9.17) is 4.74 Å². The Morgan fingerprint density at radius 2 is 1.54 bits per heavy atom. The van der Waals surface area contributed by atoms with E-state index in [1.54, 1.807) is 0 Å². The van der Waals surface area contributed by atoms with Gasteiger partial charge < -0.3 is 14.6 Å². The van der Waals surface area contributed by atoms with Crippen LogP contribution in [0.15, 0.2) is 0 Å². The number of rotatable bonds is 12. The van der Waals surface area contributed by atoms with Gasteiger partial charge in [0.1, 0.15) is 0 Å². The minimum absolute atomic E-state index is 0.0128. The van der Waals surface area contributed by atoms with Crippen molar-refractivity contribution in [1.29, 1.82) is 0 Å². The van der Waals surface area contributed by atoms with E-state index >= 15 is 0 Å². The summed E-state index contributed by atoms with van der Waals surface area (Å²) in [5.74, 6) is 0. The average molecular weight is 398 g/mol. The Kier molecular flexibility index (Phi) is 10.4. The van der Waals surface area contributed by atoms with Crippen molar-refractivity contribution in [2.45, 2.75) is 94.8 Å². The first-order valence-electron chi connectivity index (χ1n) is 9.49. The van der Waals surface area contributed by atoms with Crippen LogP contribution in [0.2, 0.25) is 0 Å². The van der Waals surface area contributed by atoms with Crippen LogP contribution in [-0.4, -0.2) is 37.0 Å². The molecule has 154 valence electrons. The van der Waals surface area contributed by atoms with Crippen LogP contribution in [0.25, 0.3) is 0 Å². The predicted molar refractivity (Wildman–Crippen MR) is 92.9 cm³/mol. The molecule has 1 saturated carbocycles. The average Bonchev–Trinajstić information content (AvgIpc) is 2.56. The molecule has 1 rings (SSSR count). The van der Waals surface area contributed by atoms with E-state index in [1.807, 2.05) is 0 Å². The Bertz CT molecular complexity index is 507. The maximum atomic E-state index is 12.9. The van der Waals surface area contributed by atoms with Crippen molar-refractivity contribution in [3.05, 3.63) is 0 Å². The maximum absolute atomic E-state index is 12.9. The highest BCUT2D eigenvalue weighted by Crippen LogP contribution is 2.27. The fraction of sp³-hybridized carbons (Fsp3) is 0.941. The van der Waals surface area contributed by atoms with Crippen LogP contribution in [0.3, 0.4) is 0 Å². The van der Waals surface area contributed by atoms with E-state index in [2.05, 4.69) is 5.32 Å². The van der Waals surface area contributed by atoms with E-state index < -0.39 is 21.8 Å². The van der Waals surface area contributed by atoms with Crippen molar-refractivity contribution in [3.8, 4) is 0 Å². The molecule has 0 radical (unpaired) electrons. The van der Waals surface area contributed by atoms with Gasteiger partial charge in [-0.25, -0.2) is 13.2 Å². The van der Waals surface area contributed by atoms with E-state index in [9.17, 15) is 26.5 Å². The summed E-state index contributed by atoms with van der Waals surface area (Å²) in [6.07, 6.45) is 8.83. The summed E-state index contributed by atoms with van der Waals surface area (Å²) in [5.41, 5.74) is 0. The highest BCUT2D eigenvalue weighted by molar-refractivity contribution is 7.86. The van der Waals surface area contributed by atoms with E-state index in [0.29, 0.717) is 19.4 Å². The van der Waals surface area contributed by atoms with Gasteiger partial charge in [-0.2, -0.15) is 8.78 Å². The zero-order chi connectivity index (χ0) is 19.5. The van der Waals surface area contributed by atoms with E-state index in [0.717, 1.165) is 51.4 Å². The smallest absolute Gasteiger partial charge is 0.407 e. The van der Waals surface area contributed by atoms with Gasteiger partial charge in [0.25, 0.3) is 0 Å². The molecule has 0 bridgehead atoms. The fourth-order valence-electron chi connectivity index (χ4n) is 3.06. The lowest BCUT2D eigenvalue weighted by Crippen LogP contribution is -2.36. The highest BCUT2D eigenvalue weighted by Gasteiger charge is 2.36. The molecule has 0 saturated heterocycles. The molecule has 1 aliphatic carbocycles. The van der Waals surface area contributed by atoms with E-state index in [-0.39, 0.29) is 18.6 Å². The molecule has 0 aromatic rings. The Labute approximate surface area is 154 Å². The van der Waals surface area contributed by atoms with Crippen LogP contribution in [-0.2, 0) is 14.9 Å². The lowest BCUT2D eigenvalue weighted by Gasteiger charge is -2.22. The van der Waals surface area contributed by atoms with Crippen LogP contribution in [0.5, 0.6) is 0 Å². The Hall–Kier alpha value is -0.960. The number of amides is 1. The number of nitrogens with one attached hydrogen (secondary N) is 1. The molecule has 26 heavy (non-hydrogen) atoms. The van der Waals surface area contributed by atoms with Gasteiger partial charge in [0, 0.05) is 12.5 Å². The molecule has 6 nitrogen and oxygen atoms in total. The van der Waals surface area contributed by atoms with Crippen LogP contribution in [0, 0.1) is 0 Å². The number of hydrogen-bond donors (Lipinski definition) is 1. The molecule has 0 unspecified atom stereocenters. The number of carbonyl (C=O) groups excluding carboxylic acids is 1. The number of ether oxygens (including phenoxy) is 1. The SMILES string of the molecule is O=C(NC1CCCCC1)OCCCCCCCCCC(F)(F)S(=O)(=O)[O-]. The second kappa shape index (κ2) is 11.7. The predicted octanol–water partition coefficient (Wildman–Crippen LogP) is 4.30. The van der Waals surface area contributed by atoms with Crippen molar-refractivity contribution >= 4 is 16.2 Å². The minimum atomic E-state index is -5.56. The zero-order valence-corrected chi connectivity index (χ0v) is 16.0. The van der Waals surface area contributed by atoms with Gasteiger partial charge in [-0.3, -0.25) is 0 Å². The second-order valence-corrected chi connectivity index (χ2v) is 8.44. The Balaban J connectivity index is 1.91. The second-order valence-electron chi connectivity index (χ2n) is 6.93. The molecule has 1 aliphatic rings. The minimum Gasteiger partial charge on any atom is -0.743 e. The summed E-state index contributed by atoms with van der Waals surface area (Å²) in [7, 11) is -5.56. The molecule has 0 aromatic carbocycles. The van der Waals surface area contributed by atoms with Crippen molar-refractivity contribution < 1.29 is 31.3 Å².